The normalized spacial score (nSPS) is 10.6. The first kappa shape index (κ1) is 24.0. The molecule has 0 aliphatic heterocycles. The predicted molar refractivity (Wildman–Crippen MR) is 130 cm³/mol. The number of aromatic hydroxyl groups is 1. The lowest BCUT2D eigenvalue weighted by atomic mass is 10.3. The molecule has 30 heavy (non-hydrogen) atoms. The van der Waals surface area contributed by atoms with Gasteiger partial charge in [0.15, 0.2) is 5.13 Å². The topological polar surface area (TPSA) is 86.3 Å². The first-order valence-electron chi connectivity index (χ1n) is 10.0. The molecule has 0 fully saturated rings. The lowest BCUT2D eigenvalue weighted by Crippen LogP contribution is -2.28. The molecule has 3 rings (SSSR count). The number of benzene rings is 2. The minimum absolute atomic E-state index is 0.0224. The molecule has 1 heterocycles. The maximum Gasteiger partial charge on any atom is 0.226 e. The van der Waals surface area contributed by atoms with Gasteiger partial charge in [-0.05, 0) is 48.9 Å². The van der Waals surface area contributed by atoms with Gasteiger partial charge in [0, 0.05) is 36.1 Å². The molecule has 0 aliphatic carbocycles. The first-order valence-corrected chi connectivity index (χ1v) is 11.3. The number of nitrogens with zero attached hydrogens (tertiary/aromatic N) is 1. The fourth-order valence-corrected chi connectivity index (χ4v) is 3.59. The molecule has 0 atom stereocenters. The van der Waals surface area contributed by atoms with E-state index in [1.54, 1.807) is 18.2 Å². The van der Waals surface area contributed by atoms with Gasteiger partial charge < -0.3 is 21.1 Å². The van der Waals surface area contributed by atoms with Crippen molar-refractivity contribution in [3.05, 3.63) is 42.5 Å². The number of carbonyl (C=O) groups excluding carboxylic acids is 1. The molecule has 2 aromatic carbocycles. The van der Waals surface area contributed by atoms with Crippen molar-refractivity contribution < 1.29 is 9.90 Å². The van der Waals surface area contributed by atoms with Gasteiger partial charge in [-0.3, -0.25) is 4.79 Å². The molecule has 4 N–H and O–H groups in total. The van der Waals surface area contributed by atoms with Crippen LogP contribution in [0.25, 0.3) is 10.2 Å². The summed E-state index contributed by atoms with van der Waals surface area (Å²) < 4.78 is 0.867. The van der Waals surface area contributed by atoms with E-state index in [2.05, 4.69) is 47.4 Å². The number of amides is 1. The molecular weight excluding hydrogens is 416 g/mol. The van der Waals surface area contributed by atoms with Gasteiger partial charge in [0.2, 0.25) is 5.91 Å². The SMILES string of the molecule is CC(C)NCCNc1ccc(S)cc1.CCCC(=O)Nc1nc2ccc(O)cc2s1. The summed E-state index contributed by atoms with van der Waals surface area (Å²) in [6, 6.07) is 13.6. The Morgan fingerprint density at radius 1 is 1.17 bits per heavy atom. The smallest absolute Gasteiger partial charge is 0.226 e. The zero-order chi connectivity index (χ0) is 21.9. The Morgan fingerprint density at radius 2 is 1.90 bits per heavy atom. The highest BCUT2D eigenvalue weighted by Crippen LogP contribution is 2.28. The number of carbonyl (C=O) groups is 1. The zero-order valence-corrected chi connectivity index (χ0v) is 19.3. The third-order valence-corrected chi connectivity index (χ3v) is 5.20. The van der Waals surface area contributed by atoms with Gasteiger partial charge in [-0.25, -0.2) is 4.98 Å². The van der Waals surface area contributed by atoms with Crippen molar-refractivity contribution in [2.75, 3.05) is 23.7 Å². The van der Waals surface area contributed by atoms with E-state index in [1.807, 2.05) is 31.2 Å². The summed E-state index contributed by atoms with van der Waals surface area (Å²) in [6.07, 6.45) is 1.32. The van der Waals surface area contributed by atoms with Gasteiger partial charge in [0.05, 0.1) is 10.2 Å². The van der Waals surface area contributed by atoms with Crippen molar-refractivity contribution in [2.45, 2.75) is 44.6 Å². The van der Waals surface area contributed by atoms with Crippen molar-refractivity contribution in [2.24, 2.45) is 0 Å². The molecule has 0 saturated heterocycles. The molecule has 162 valence electrons. The monoisotopic (exact) mass is 446 g/mol. The third-order valence-electron chi connectivity index (χ3n) is 3.97. The maximum absolute atomic E-state index is 11.4. The van der Waals surface area contributed by atoms with Crippen LogP contribution in [-0.4, -0.2) is 35.1 Å². The number of fused-ring (bicyclic) bond motifs is 1. The van der Waals surface area contributed by atoms with E-state index in [4.69, 9.17) is 0 Å². The van der Waals surface area contributed by atoms with Crippen LogP contribution in [0.2, 0.25) is 0 Å². The van der Waals surface area contributed by atoms with Crippen LogP contribution < -0.4 is 16.0 Å². The lowest BCUT2D eigenvalue weighted by Gasteiger charge is -2.09. The number of thiazole rings is 1. The van der Waals surface area contributed by atoms with Gasteiger partial charge in [0.1, 0.15) is 5.75 Å². The van der Waals surface area contributed by atoms with Gasteiger partial charge in [-0.15, -0.1) is 12.6 Å². The summed E-state index contributed by atoms with van der Waals surface area (Å²) >= 11 is 5.59. The van der Waals surface area contributed by atoms with Crippen LogP contribution in [0.3, 0.4) is 0 Å². The summed E-state index contributed by atoms with van der Waals surface area (Å²) in [4.78, 5) is 16.6. The van der Waals surface area contributed by atoms with E-state index in [0.717, 1.165) is 40.3 Å². The third kappa shape index (κ3) is 8.61. The van der Waals surface area contributed by atoms with Crippen molar-refractivity contribution in [1.82, 2.24) is 10.3 Å². The highest BCUT2D eigenvalue weighted by Gasteiger charge is 2.07. The fraction of sp³-hybridized carbons (Fsp3) is 0.364. The Bertz CT molecular complexity index is 927. The molecule has 1 amide bonds. The molecule has 0 aliphatic rings. The number of rotatable bonds is 8. The Balaban J connectivity index is 0.000000216. The van der Waals surface area contributed by atoms with Crippen molar-refractivity contribution in [3.8, 4) is 5.75 Å². The van der Waals surface area contributed by atoms with Crippen molar-refractivity contribution in [1.29, 1.82) is 0 Å². The van der Waals surface area contributed by atoms with E-state index in [1.165, 1.54) is 11.3 Å². The molecule has 3 aromatic rings. The van der Waals surface area contributed by atoms with Gasteiger partial charge in [0.25, 0.3) is 0 Å². The molecule has 0 radical (unpaired) electrons. The molecule has 1 aromatic heterocycles. The number of anilines is 2. The molecule has 0 unspecified atom stereocenters. The number of hydrogen-bond acceptors (Lipinski definition) is 7. The highest BCUT2D eigenvalue weighted by molar-refractivity contribution is 7.80. The van der Waals surface area contributed by atoms with Crippen molar-refractivity contribution in [3.63, 3.8) is 0 Å². The van der Waals surface area contributed by atoms with Gasteiger partial charge >= 0.3 is 0 Å². The highest BCUT2D eigenvalue weighted by atomic mass is 32.1. The minimum Gasteiger partial charge on any atom is -0.508 e. The number of phenols is 1. The van der Waals surface area contributed by atoms with E-state index in [-0.39, 0.29) is 11.7 Å². The number of nitrogens with one attached hydrogen (secondary N) is 3. The largest absolute Gasteiger partial charge is 0.508 e. The van der Waals surface area contributed by atoms with Crippen LogP contribution >= 0.6 is 24.0 Å². The summed E-state index contributed by atoms with van der Waals surface area (Å²) in [6.45, 7) is 8.19. The first-order chi connectivity index (χ1) is 14.4. The Hall–Kier alpha value is -2.29. The van der Waals surface area contributed by atoms with Crippen LogP contribution in [0.5, 0.6) is 5.75 Å². The standard InChI is InChI=1S/C11H12N2O2S.C11H18N2S/c1-2-3-10(15)13-11-12-8-5-4-7(14)6-9(8)16-11;1-9(2)12-7-8-13-10-3-5-11(14)6-4-10/h4-6,14H,2-3H2,1H3,(H,12,13,15);3-6,9,12-14H,7-8H2,1-2H3. The summed E-state index contributed by atoms with van der Waals surface area (Å²) in [5, 5.41) is 19.3. The molecule has 6 nitrogen and oxygen atoms in total. The van der Waals surface area contributed by atoms with Crippen LogP contribution in [0.4, 0.5) is 10.8 Å². The second-order valence-electron chi connectivity index (χ2n) is 7.05. The van der Waals surface area contributed by atoms with E-state index < -0.39 is 0 Å². The maximum atomic E-state index is 11.4. The number of hydrogen-bond donors (Lipinski definition) is 5. The lowest BCUT2D eigenvalue weighted by molar-refractivity contribution is -0.116. The quantitative estimate of drug-likeness (QED) is 0.245. The average Bonchev–Trinajstić information content (AvgIpc) is 3.08. The molecule has 0 saturated carbocycles. The van der Waals surface area contributed by atoms with E-state index >= 15 is 0 Å². The second-order valence-corrected chi connectivity index (χ2v) is 8.60. The number of phenolic OH excluding ortho intramolecular Hbond substituents is 1. The van der Waals surface area contributed by atoms with Crippen molar-refractivity contribution >= 4 is 50.9 Å². The number of thiol groups is 1. The Labute approximate surface area is 187 Å². The summed E-state index contributed by atoms with van der Waals surface area (Å²) in [5.74, 6) is 0.188. The van der Waals surface area contributed by atoms with Gasteiger partial charge in [-0.2, -0.15) is 0 Å². The molecular formula is C22H30N4O2S2. The average molecular weight is 447 g/mol. The Kier molecular flexibility index (Phi) is 9.93. The Morgan fingerprint density at radius 3 is 2.57 bits per heavy atom. The zero-order valence-electron chi connectivity index (χ0n) is 17.6. The van der Waals surface area contributed by atoms with Crippen LogP contribution in [0.15, 0.2) is 47.4 Å². The molecule has 0 spiro atoms. The fourth-order valence-electron chi connectivity index (χ4n) is 2.52. The van der Waals surface area contributed by atoms with E-state index in [9.17, 15) is 9.90 Å². The molecule has 8 heteroatoms. The van der Waals surface area contributed by atoms with Crippen LogP contribution in [0.1, 0.15) is 33.6 Å². The van der Waals surface area contributed by atoms with Crippen LogP contribution in [0, 0.1) is 0 Å². The summed E-state index contributed by atoms with van der Waals surface area (Å²) in [5.41, 5.74) is 1.93. The van der Waals surface area contributed by atoms with E-state index in [0.29, 0.717) is 17.6 Å². The predicted octanol–water partition coefficient (Wildman–Crippen LogP) is 5.13. The summed E-state index contributed by atoms with van der Waals surface area (Å²) in [7, 11) is 0. The van der Waals surface area contributed by atoms with Gasteiger partial charge in [-0.1, -0.05) is 32.1 Å². The minimum atomic E-state index is -0.0224. The second kappa shape index (κ2) is 12.4. The number of aromatic nitrogens is 1. The molecule has 0 bridgehead atoms. The van der Waals surface area contributed by atoms with Crippen LogP contribution in [-0.2, 0) is 4.79 Å².